The molecule has 6 heteroatoms. The first-order chi connectivity index (χ1) is 10.0. The zero-order valence-electron chi connectivity index (χ0n) is 12.6. The number of carbonyl (C=O) groups excluding carboxylic acids is 2. The Kier molecular flexibility index (Phi) is 5.45. The van der Waals surface area contributed by atoms with Gasteiger partial charge < -0.3 is 14.8 Å². The Labute approximate surface area is 133 Å². The Morgan fingerprint density at radius 3 is 2.62 bits per heavy atom. The Bertz CT molecular complexity index is 519. The molecule has 1 fully saturated rings. The van der Waals surface area contributed by atoms with Crippen LogP contribution in [-0.2, 0) is 11.3 Å². The van der Waals surface area contributed by atoms with Crippen LogP contribution in [0.3, 0.4) is 0 Å². The molecular formula is C15H22BrN3O2. The molecule has 0 bridgehead atoms. The number of nitrogens with one attached hydrogen (secondary N) is 1. The zero-order valence-corrected chi connectivity index (χ0v) is 14.1. The van der Waals surface area contributed by atoms with Crippen LogP contribution >= 0.6 is 15.9 Å². The molecule has 5 nitrogen and oxygen atoms in total. The van der Waals surface area contributed by atoms with E-state index in [-0.39, 0.29) is 17.9 Å². The first kappa shape index (κ1) is 16.1. The Morgan fingerprint density at radius 1 is 1.38 bits per heavy atom. The van der Waals surface area contributed by atoms with Crippen molar-refractivity contribution in [1.82, 2.24) is 14.8 Å². The largest absolute Gasteiger partial charge is 0.348 e. The highest BCUT2D eigenvalue weighted by Gasteiger charge is 2.23. The number of likely N-dealkylation sites (tertiary alicyclic amines) is 1. The van der Waals surface area contributed by atoms with Crippen LogP contribution in [0.15, 0.2) is 16.7 Å². The molecule has 0 saturated carbocycles. The monoisotopic (exact) mass is 355 g/mol. The summed E-state index contributed by atoms with van der Waals surface area (Å²) in [5.41, 5.74) is 0.692. The summed E-state index contributed by atoms with van der Waals surface area (Å²) < 4.78 is 2.90. The quantitative estimate of drug-likeness (QED) is 0.901. The normalized spacial score (nSPS) is 16.0. The van der Waals surface area contributed by atoms with E-state index in [4.69, 9.17) is 0 Å². The van der Waals surface area contributed by atoms with E-state index in [1.807, 2.05) is 21.7 Å². The summed E-state index contributed by atoms with van der Waals surface area (Å²) in [6.07, 6.45) is 4.57. The lowest BCUT2D eigenvalue weighted by Crippen LogP contribution is -2.46. The Balaban J connectivity index is 1.95. The molecule has 21 heavy (non-hydrogen) atoms. The van der Waals surface area contributed by atoms with Crippen LogP contribution in [0.1, 0.15) is 43.6 Å². The predicted molar refractivity (Wildman–Crippen MR) is 85.2 cm³/mol. The average Bonchev–Trinajstić information content (AvgIpc) is 2.81. The average molecular weight is 356 g/mol. The molecule has 2 rings (SSSR count). The highest BCUT2D eigenvalue weighted by Crippen LogP contribution is 2.17. The lowest BCUT2D eigenvalue weighted by Gasteiger charge is -2.31. The van der Waals surface area contributed by atoms with E-state index < -0.39 is 0 Å². The van der Waals surface area contributed by atoms with Gasteiger partial charge in [0.1, 0.15) is 5.69 Å². The van der Waals surface area contributed by atoms with Crippen LogP contribution in [0.4, 0.5) is 0 Å². The summed E-state index contributed by atoms with van der Waals surface area (Å²) in [7, 11) is 0. The molecule has 1 saturated heterocycles. The summed E-state index contributed by atoms with van der Waals surface area (Å²) in [5.74, 6) is 0.0796. The van der Waals surface area contributed by atoms with Crippen LogP contribution in [-0.4, -0.2) is 40.4 Å². The molecule has 2 heterocycles. The van der Waals surface area contributed by atoms with E-state index in [0.717, 1.165) is 43.4 Å². The van der Waals surface area contributed by atoms with Crippen LogP contribution < -0.4 is 5.32 Å². The third kappa shape index (κ3) is 4.09. The molecule has 1 aliphatic rings. The molecule has 2 amide bonds. The molecule has 1 aromatic rings. The van der Waals surface area contributed by atoms with Crippen molar-refractivity contribution < 1.29 is 9.59 Å². The van der Waals surface area contributed by atoms with Gasteiger partial charge in [-0.3, -0.25) is 9.59 Å². The molecule has 116 valence electrons. The second-order valence-electron chi connectivity index (χ2n) is 5.49. The van der Waals surface area contributed by atoms with Crippen molar-refractivity contribution in [2.75, 3.05) is 13.1 Å². The van der Waals surface area contributed by atoms with Gasteiger partial charge in [0, 0.05) is 43.3 Å². The van der Waals surface area contributed by atoms with E-state index in [2.05, 4.69) is 28.2 Å². The topological polar surface area (TPSA) is 54.3 Å². The molecule has 0 radical (unpaired) electrons. The maximum atomic E-state index is 12.4. The molecule has 0 spiro atoms. The van der Waals surface area contributed by atoms with Crippen molar-refractivity contribution >= 4 is 27.7 Å². The molecule has 1 N–H and O–H groups in total. The van der Waals surface area contributed by atoms with Gasteiger partial charge in [0.25, 0.3) is 5.91 Å². The van der Waals surface area contributed by atoms with Gasteiger partial charge in [-0.1, -0.05) is 6.92 Å². The van der Waals surface area contributed by atoms with Crippen molar-refractivity contribution in [2.45, 2.75) is 45.7 Å². The van der Waals surface area contributed by atoms with Gasteiger partial charge in [-0.05, 0) is 41.3 Å². The predicted octanol–water partition coefficient (Wildman–Crippen LogP) is 2.40. The minimum Gasteiger partial charge on any atom is -0.348 e. The number of hydrogen-bond donors (Lipinski definition) is 1. The zero-order chi connectivity index (χ0) is 15.4. The summed E-state index contributed by atoms with van der Waals surface area (Å²) in [6, 6.07) is 2.01. The maximum Gasteiger partial charge on any atom is 0.268 e. The van der Waals surface area contributed by atoms with Gasteiger partial charge in [-0.2, -0.15) is 0 Å². The first-order valence-corrected chi connectivity index (χ1v) is 8.22. The van der Waals surface area contributed by atoms with E-state index in [1.165, 1.54) is 0 Å². The summed E-state index contributed by atoms with van der Waals surface area (Å²) in [4.78, 5) is 25.5. The first-order valence-electron chi connectivity index (χ1n) is 7.43. The van der Waals surface area contributed by atoms with E-state index in [1.54, 1.807) is 6.92 Å². The Morgan fingerprint density at radius 2 is 2.05 bits per heavy atom. The highest BCUT2D eigenvalue weighted by molar-refractivity contribution is 9.10. The summed E-state index contributed by atoms with van der Waals surface area (Å²) >= 11 is 3.43. The van der Waals surface area contributed by atoms with Gasteiger partial charge in [0.2, 0.25) is 5.91 Å². The van der Waals surface area contributed by atoms with Crippen molar-refractivity contribution in [2.24, 2.45) is 0 Å². The van der Waals surface area contributed by atoms with E-state index in [0.29, 0.717) is 5.69 Å². The summed E-state index contributed by atoms with van der Waals surface area (Å²) in [6.45, 7) is 5.96. The van der Waals surface area contributed by atoms with Gasteiger partial charge in [-0.25, -0.2) is 0 Å². The molecule has 0 atom stereocenters. The number of amides is 2. The van der Waals surface area contributed by atoms with E-state index in [9.17, 15) is 9.59 Å². The number of piperidine rings is 1. The van der Waals surface area contributed by atoms with Gasteiger partial charge in [0.05, 0.1) is 0 Å². The number of carbonyl (C=O) groups is 2. The lowest BCUT2D eigenvalue weighted by atomic mass is 10.0. The molecule has 1 aromatic heterocycles. The number of aryl methyl sites for hydroxylation is 1. The van der Waals surface area contributed by atoms with Gasteiger partial charge >= 0.3 is 0 Å². The second-order valence-corrected chi connectivity index (χ2v) is 6.41. The second kappa shape index (κ2) is 7.11. The molecule has 0 aliphatic carbocycles. The van der Waals surface area contributed by atoms with Crippen molar-refractivity contribution in [3.8, 4) is 0 Å². The molecule has 0 aromatic carbocycles. The molecule has 0 unspecified atom stereocenters. The Hall–Kier alpha value is -1.30. The number of halogens is 1. The minimum absolute atomic E-state index is 0.0320. The highest BCUT2D eigenvalue weighted by atomic mass is 79.9. The maximum absolute atomic E-state index is 12.4. The smallest absolute Gasteiger partial charge is 0.268 e. The fraction of sp³-hybridized carbons (Fsp3) is 0.600. The number of nitrogens with zero attached hydrogens (tertiary/aromatic N) is 2. The molecular weight excluding hydrogens is 334 g/mol. The fourth-order valence-corrected chi connectivity index (χ4v) is 3.15. The standard InChI is InChI=1S/C15H22BrN3O2/c1-3-6-19-10-12(16)9-14(19)15(21)17-13-4-7-18(8-5-13)11(2)20/h9-10,13H,3-8H2,1-2H3,(H,17,21). The van der Waals surface area contributed by atoms with Gasteiger partial charge in [-0.15, -0.1) is 0 Å². The number of hydrogen-bond acceptors (Lipinski definition) is 2. The lowest BCUT2D eigenvalue weighted by molar-refractivity contribution is -0.129. The van der Waals surface area contributed by atoms with Crippen LogP contribution in [0, 0.1) is 0 Å². The molecule has 1 aliphatic heterocycles. The van der Waals surface area contributed by atoms with Crippen molar-refractivity contribution in [1.29, 1.82) is 0 Å². The van der Waals surface area contributed by atoms with Crippen LogP contribution in [0.25, 0.3) is 0 Å². The van der Waals surface area contributed by atoms with Crippen LogP contribution in [0.5, 0.6) is 0 Å². The third-order valence-corrected chi connectivity index (χ3v) is 4.27. The fourth-order valence-electron chi connectivity index (χ4n) is 2.69. The van der Waals surface area contributed by atoms with Gasteiger partial charge in [0.15, 0.2) is 0 Å². The van der Waals surface area contributed by atoms with Crippen molar-refractivity contribution in [3.05, 3.63) is 22.4 Å². The minimum atomic E-state index is -0.0320. The summed E-state index contributed by atoms with van der Waals surface area (Å²) in [5, 5.41) is 3.09. The van der Waals surface area contributed by atoms with E-state index >= 15 is 0 Å². The number of rotatable bonds is 4. The SMILES string of the molecule is CCCn1cc(Br)cc1C(=O)NC1CCN(C(C)=O)CC1. The number of aromatic nitrogens is 1. The third-order valence-electron chi connectivity index (χ3n) is 3.84. The van der Waals surface area contributed by atoms with Crippen LogP contribution in [0.2, 0.25) is 0 Å². The van der Waals surface area contributed by atoms with Crippen molar-refractivity contribution in [3.63, 3.8) is 0 Å².